The normalized spacial score (nSPS) is 18.2. The van der Waals surface area contributed by atoms with Gasteiger partial charge in [0.25, 0.3) is 5.91 Å². The van der Waals surface area contributed by atoms with Gasteiger partial charge in [-0.15, -0.1) is 0 Å². The van der Waals surface area contributed by atoms with Gasteiger partial charge < -0.3 is 19.1 Å². The molecule has 2 aromatic heterocycles. The lowest BCUT2D eigenvalue weighted by atomic mass is 9.93. The first-order chi connectivity index (χ1) is 14.1. The molecule has 8 nitrogen and oxygen atoms in total. The highest BCUT2D eigenvalue weighted by atomic mass is 35.5. The van der Waals surface area contributed by atoms with Crippen LogP contribution in [0.1, 0.15) is 48.4 Å². The highest BCUT2D eigenvalue weighted by Crippen LogP contribution is 2.24. The molecule has 0 atom stereocenters. The van der Waals surface area contributed by atoms with Crippen molar-refractivity contribution in [2.45, 2.75) is 44.8 Å². The molecular formula is C20H23ClN4O4. The summed E-state index contributed by atoms with van der Waals surface area (Å²) in [5, 5.41) is 4.31. The summed E-state index contributed by atoms with van der Waals surface area (Å²) < 4.78 is 10.7. The molecular weight excluding hydrogens is 396 g/mol. The molecule has 2 fully saturated rings. The quantitative estimate of drug-likeness (QED) is 0.741. The van der Waals surface area contributed by atoms with E-state index in [1.54, 1.807) is 6.07 Å². The van der Waals surface area contributed by atoms with Crippen molar-refractivity contribution in [3.05, 3.63) is 41.0 Å². The van der Waals surface area contributed by atoms with Crippen molar-refractivity contribution in [3.8, 4) is 5.75 Å². The Labute approximate surface area is 173 Å². The zero-order valence-electron chi connectivity index (χ0n) is 16.1. The molecule has 1 saturated carbocycles. The summed E-state index contributed by atoms with van der Waals surface area (Å²) in [6.07, 6.45) is 8.76. The van der Waals surface area contributed by atoms with Crippen molar-refractivity contribution in [1.82, 2.24) is 19.9 Å². The van der Waals surface area contributed by atoms with Crippen molar-refractivity contribution in [2.75, 3.05) is 19.6 Å². The first kappa shape index (κ1) is 19.7. The molecule has 0 bridgehead atoms. The predicted molar refractivity (Wildman–Crippen MR) is 105 cm³/mol. The number of hydrogen-bond donors (Lipinski definition) is 0. The van der Waals surface area contributed by atoms with E-state index in [4.69, 9.17) is 20.9 Å². The average molecular weight is 419 g/mol. The molecule has 29 heavy (non-hydrogen) atoms. The van der Waals surface area contributed by atoms with Gasteiger partial charge in [0.05, 0.1) is 11.2 Å². The SMILES string of the molecule is O=C(c1cc(COc2cncc(Cl)c2)on1)N1CCN(C2CCCCC2)C(=O)C1. The Morgan fingerprint density at radius 3 is 2.79 bits per heavy atom. The largest absolute Gasteiger partial charge is 0.484 e. The fourth-order valence-electron chi connectivity index (χ4n) is 3.91. The Morgan fingerprint density at radius 2 is 2.03 bits per heavy atom. The van der Waals surface area contributed by atoms with E-state index < -0.39 is 0 Å². The van der Waals surface area contributed by atoms with E-state index in [0.717, 1.165) is 12.8 Å². The minimum Gasteiger partial charge on any atom is -0.484 e. The van der Waals surface area contributed by atoms with Crippen LogP contribution in [0.25, 0.3) is 0 Å². The van der Waals surface area contributed by atoms with E-state index in [0.29, 0.717) is 35.7 Å². The molecule has 1 saturated heterocycles. The molecule has 1 aliphatic carbocycles. The number of nitrogens with zero attached hydrogens (tertiary/aromatic N) is 4. The maximum atomic E-state index is 12.7. The van der Waals surface area contributed by atoms with Crippen LogP contribution in [0.2, 0.25) is 5.02 Å². The number of amides is 2. The third kappa shape index (κ3) is 4.70. The molecule has 0 unspecified atom stereocenters. The Morgan fingerprint density at radius 1 is 1.21 bits per heavy atom. The molecule has 0 spiro atoms. The number of rotatable bonds is 5. The Balaban J connectivity index is 1.32. The van der Waals surface area contributed by atoms with E-state index in [-0.39, 0.29) is 30.7 Å². The molecule has 2 amide bonds. The van der Waals surface area contributed by atoms with Gasteiger partial charge in [-0.3, -0.25) is 14.6 Å². The number of pyridine rings is 1. The van der Waals surface area contributed by atoms with Crippen LogP contribution < -0.4 is 4.74 Å². The molecule has 0 radical (unpaired) electrons. The maximum absolute atomic E-state index is 12.7. The highest BCUT2D eigenvalue weighted by molar-refractivity contribution is 6.30. The smallest absolute Gasteiger partial charge is 0.276 e. The second-order valence-electron chi connectivity index (χ2n) is 7.41. The van der Waals surface area contributed by atoms with E-state index in [1.165, 1.54) is 42.6 Å². The van der Waals surface area contributed by atoms with Crippen LogP contribution in [0, 0.1) is 0 Å². The number of halogens is 1. The molecule has 0 aromatic carbocycles. The van der Waals surface area contributed by atoms with Crippen LogP contribution in [0.15, 0.2) is 29.0 Å². The molecule has 2 aromatic rings. The van der Waals surface area contributed by atoms with Crippen LogP contribution in [-0.4, -0.2) is 57.4 Å². The van der Waals surface area contributed by atoms with Gasteiger partial charge in [0.1, 0.15) is 18.9 Å². The third-order valence-electron chi connectivity index (χ3n) is 5.40. The van der Waals surface area contributed by atoms with E-state index in [9.17, 15) is 9.59 Å². The van der Waals surface area contributed by atoms with Crippen molar-refractivity contribution in [3.63, 3.8) is 0 Å². The summed E-state index contributed by atoms with van der Waals surface area (Å²) in [4.78, 5) is 32.7. The fourth-order valence-corrected chi connectivity index (χ4v) is 4.07. The lowest BCUT2D eigenvalue weighted by molar-refractivity contribution is -0.138. The van der Waals surface area contributed by atoms with Crippen LogP contribution in [0.4, 0.5) is 0 Å². The van der Waals surface area contributed by atoms with Crippen molar-refractivity contribution >= 4 is 23.4 Å². The minimum atomic E-state index is -0.305. The number of piperazine rings is 1. The molecule has 1 aliphatic heterocycles. The van der Waals surface area contributed by atoms with Gasteiger partial charge in [0, 0.05) is 37.5 Å². The lowest BCUT2D eigenvalue weighted by Gasteiger charge is -2.40. The van der Waals surface area contributed by atoms with Crippen molar-refractivity contribution in [2.24, 2.45) is 0 Å². The van der Waals surface area contributed by atoms with Crippen LogP contribution >= 0.6 is 11.6 Å². The van der Waals surface area contributed by atoms with Gasteiger partial charge in [-0.1, -0.05) is 36.0 Å². The van der Waals surface area contributed by atoms with Crippen molar-refractivity contribution < 1.29 is 18.8 Å². The molecule has 154 valence electrons. The van der Waals surface area contributed by atoms with Crippen molar-refractivity contribution in [1.29, 1.82) is 0 Å². The van der Waals surface area contributed by atoms with Crippen LogP contribution in [0.5, 0.6) is 5.75 Å². The van der Waals surface area contributed by atoms with E-state index >= 15 is 0 Å². The monoisotopic (exact) mass is 418 g/mol. The van der Waals surface area contributed by atoms with E-state index in [1.807, 2.05) is 4.90 Å². The number of hydrogen-bond acceptors (Lipinski definition) is 6. The average Bonchev–Trinajstić information content (AvgIpc) is 3.21. The Bertz CT molecular complexity index is 881. The maximum Gasteiger partial charge on any atom is 0.276 e. The van der Waals surface area contributed by atoms with Gasteiger partial charge in [-0.05, 0) is 12.8 Å². The molecule has 0 N–H and O–H groups in total. The van der Waals surface area contributed by atoms with Gasteiger partial charge in [0.2, 0.25) is 5.91 Å². The standard InChI is InChI=1S/C20H23ClN4O4/c21-14-8-16(11-22-10-14)28-13-17-9-18(23-29-17)20(27)24-6-7-25(19(26)12-24)15-4-2-1-3-5-15/h8-11,15H,1-7,12-13H2. The summed E-state index contributed by atoms with van der Waals surface area (Å²) in [7, 11) is 0. The topological polar surface area (TPSA) is 88.8 Å². The molecule has 3 heterocycles. The Hall–Kier alpha value is -2.61. The number of carbonyl (C=O) groups is 2. The van der Waals surface area contributed by atoms with Gasteiger partial charge in [-0.2, -0.15) is 0 Å². The fraction of sp³-hybridized carbons (Fsp3) is 0.500. The summed E-state index contributed by atoms with van der Waals surface area (Å²) in [6.45, 7) is 1.26. The first-order valence-corrected chi connectivity index (χ1v) is 10.3. The second kappa shape index (κ2) is 8.82. The lowest BCUT2D eigenvalue weighted by Crippen LogP contribution is -2.55. The van der Waals surface area contributed by atoms with Gasteiger partial charge >= 0.3 is 0 Å². The zero-order chi connectivity index (χ0) is 20.2. The summed E-state index contributed by atoms with van der Waals surface area (Å²) in [6, 6.07) is 3.50. The summed E-state index contributed by atoms with van der Waals surface area (Å²) in [5.41, 5.74) is 0.173. The van der Waals surface area contributed by atoms with Gasteiger partial charge in [-0.25, -0.2) is 0 Å². The van der Waals surface area contributed by atoms with Crippen LogP contribution in [-0.2, 0) is 11.4 Å². The molecule has 9 heteroatoms. The predicted octanol–water partition coefficient (Wildman–Crippen LogP) is 2.92. The summed E-state index contributed by atoms with van der Waals surface area (Å²) in [5.74, 6) is 0.602. The Kier molecular flexibility index (Phi) is 5.99. The number of carbonyl (C=O) groups excluding carboxylic acids is 2. The van der Waals surface area contributed by atoms with Crippen LogP contribution in [0.3, 0.4) is 0 Å². The van der Waals surface area contributed by atoms with E-state index in [2.05, 4.69) is 10.1 Å². The summed E-state index contributed by atoms with van der Waals surface area (Å²) >= 11 is 5.87. The third-order valence-corrected chi connectivity index (χ3v) is 5.61. The number of ether oxygens (including phenoxy) is 1. The molecule has 2 aliphatic rings. The molecule has 4 rings (SSSR count). The second-order valence-corrected chi connectivity index (χ2v) is 7.85. The minimum absolute atomic E-state index is 0.0111. The zero-order valence-corrected chi connectivity index (χ0v) is 16.8. The number of aromatic nitrogens is 2. The van der Waals surface area contributed by atoms with Gasteiger partial charge in [0.15, 0.2) is 11.5 Å². The first-order valence-electron chi connectivity index (χ1n) is 9.88. The highest BCUT2D eigenvalue weighted by Gasteiger charge is 2.33.